The van der Waals surface area contributed by atoms with E-state index < -0.39 is 0 Å². The van der Waals surface area contributed by atoms with Crippen LogP contribution >= 0.6 is 0 Å². The summed E-state index contributed by atoms with van der Waals surface area (Å²) in [5, 5.41) is 11.9. The van der Waals surface area contributed by atoms with E-state index in [4.69, 9.17) is 10.9 Å². The maximum absolute atomic E-state index is 8.78. The largest absolute Gasteiger partial charge is 0.409 e. The van der Waals surface area contributed by atoms with Gasteiger partial charge in [-0.25, -0.2) is 0 Å². The molecule has 1 aliphatic heterocycles. The Morgan fingerprint density at radius 3 is 2.24 bits per heavy atom. The molecule has 0 spiro atoms. The van der Waals surface area contributed by atoms with Gasteiger partial charge in [0.2, 0.25) is 0 Å². The summed E-state index contributed by atoms with van der Waals surface area (Å²) in [6.45, 7) is 12.5. The Balaban J connectivity index is 2.24. The molecule has 124 valence electrons. The minimum atomic E-state index is -0.198. The summed E-state index contributed by atoms with van der Waals surface area (Å²) in [6.07, 6.45) is 8.67. The summed E-state index contributed by atoms with van der Waals surface area (Å²) in [6, 6.07) is 0. The highest BCUT2D eigenvalue weighted by Gasteiger charge is 2.31. The van der Waals surface area contributed by atoms with E-state index in [0.29, 0.717) is 11.3 Å². The lowest BCUT2D eigenvalue weighted by Gasteiger charge is -2.41. The number of hydrogen-bond acceptors (Lipinski definition) is 3. The molecule has 0 bridgehead atoms. The molecule has 1 fully saturated rings. The van der Waals surface area contributed by atoms with Gasteiger partial charge in [0.15, 0.2) is 0 Å². The zero-order valence-corrected chi connectivity index (χ0v) is 14.5. The SMILES string of the molecule is CCC1(CC)CCN(CCCCC(C)(C)C(N)=NO)CC1. The highest BCUT2D eigenvalue weighted by atomic mass is 16.4. The Morgan fingerprint density at radius 1 is 1.19 bits per heavy atom. The van der Waals surface area contributed by atoms with Gasteiger partial charge in [-0.3, -0.25) is 0 Å². The second-order valence-corrected chi connectivity index (χ2v) is 7.37. The van der Waals surface area contributed by atoms with Crippen LogP contribution in [-0.2, 0) is 0 Å². The minimum absolute atomic E-state index is 0.198. The number of likely N-dealkylation sites (tertiary alicyclic amines) is 1. The Bertz CT molecular complexity index is 325. The molecule has 0 unspecified atom stereocenters. The zero-order valence-electron chi connectivity index (χ0n) is 14.5. The van der Waals surface area contributed by atoms with Crippen LogP contribution in [0.15, 0.2) is 5.16 Å². The van der Waals surface area contributed by atoms with Crippen LogP contribution in [-0.4, -0.2) is 35.6 Å². The van der Waals surface area contributed by atoms with Crippen molar-refractivity contribution in [1.82, 2.24) is 4.90 Å². The van der Waals surface area contributed by atoms with Crippen molar-refractivity contribution in [3.05, 3.63) is 0 Å². The van der Waals surface area contributed by atoms with Crippen LogP contribution in [0.4, 0.5) is 0 Å². The van der Waals surface area contributed by atoms with Gasteiger partial charge < -0.3 is 15.8 Å². The van der Waals surface area contributed by atoms with Crippen molar-refractivity contribution in [2.24, 2.45) is 21.7 Å². The minimum Gasteiger partial charge on any atom is -0.409 e. The van der Waals surface area contributed by atoms with Crippen molar-refractivity contribution in [3.63, 3.8) is 0 Å². The predicted octanol–water partition coefficient (Wildman–Crippen LogP) is 3.83. The summed E-state index contributed by atoms with van der Waals surface area (Å²) in [5.41, 5.74) is 6.14. The summed E-state index contributed by atoms with van der Waals surface area (Å²) in [5.74, 6) is 0.344. The predicted molar refractivity (Wildman–Crippen MR) is 89.7 cm³/mol. The van der Waals surface area contributed by atoms with Gasteiger partial charge in [-0.2, -0.15) is 0 Å². The Morgan fingerprint density at radius 2 is 1.76 bits per heavy atom. The molecule has 1 saturated heterocycles. The normalized spacial score (nSPS) is 20.7. The standard InChI is InChI=1S/C17H35N3O/c1-5-17(6-2)10-13-20(14-11-17)12-8-7-9-16(3,4)15(18)19-21/h21H,5-14H2,1-4H3,(H2,18,19). The molecule has 0 aromatic heterocycles. The summed E-state index contributed by atoms with van der Waals surface area (Å²) in [7, 11) is 0. The first-order valence-electron chi connectivity index (χ1n) is 8.59. The van der Waals surface area contributed by atoms with Crippen LogP contribution in [0.2, 0.25) is 0 Å². The van der Waals surface area contributed by atoms with E-state index in [9.17, 15) is 0 Å². The Kier molecular flexibility index (Phi) is 6.98. The molecule has 0 atom stereocenters. The van der Waals surface area contributed by atoms with Gasteiger partial charge >= 0.3 is 0 Å². The first kappa shape index (κ1) is 18.3. The molecule has 21 heavy (non-hydrogen) atoms. The highest BCUT2D eigenvalue weighted by Crippen LogP contribution is 2.37. The number of unbranched alkanes of at least 4 members (excludes halogenated alkanes) is 1. The molecule has 1 aliphatic rings. The quantitative estimate of drug-likeness (QED) is 0.235. The fraction of sp³-hybridized carbons (Fsp3) is 0.941. The summed E-state index contributed by atoms with van der Waals surface area (Å²) in [4.78, 5) is 2.61. The molecular formula is C17H35N3O. The van der Waals surface area contributed by atoms with Crippen LogP contribution in [0.3, 0.4) is 0 Å². The van der Waals surface area contributed by atoms with Crippen molar-refractivity contribution in [2.45, 2.75) is 72.6 Å². The molecule has 0 aliphatic carbocycles. The molecule has 1 heterocycles. The van der Waals surface area contributed by atoms with E-state index in [2.05, 4.69) is 23.9 Å². The Labute approximate surface area is 130 Å². The molecule has 0 aromatic carbocycles. The van der Waals surface area contributed by atoms with Gasteiger partial charge in [-0.1, -0.05) is 52.1 Å². The second kappa shape index (κ2) is 8.02. The molecule has 4 heteroatoms. The first-order chi connectivity index (χ1) is 9.89. The van der Waals surface area contributed by atoms with Gasteiger partial charge in [0.05, 0.1) is 0 Å². The Hall–Kier alpha value is -0.770. The lowest BCUT2D eigenvalue weighted by molar-refractivity contribution is 0.0939. The van der Waals surface area contributed by atoms with Gasteiger partial charge in [0.1, 0.15) is 5.84 Å². The number of piperidine rings is 1. The third-order valence-corrected chi connectivity index (χ3v) is 5.74. The topological polar surface area (TPSA) is 61.8 Å². The van der Waals surface area contributed by atoms with Gasteiger partial charge in [0, 0.05) is 5.41 Å². The number of rotatable bonds is 8. The number of nitrogens with two attached hydrogens (primary N) is 1. The third-order valence-electron chi connectivity index (χ3n) is 5.74. The fourth-order valence-electron chi connectivity index (χ4n) is 3.37. The van der Waals surface area contributed by atoms with Crippen molar-refractivity contribution in [1.29, 1.82) is 0 Å². The summed E-state index contributed by atoms with van der Waals surface area (Å²) < 4.78 is 0. The van der Waals surface area contributed by atoms with Crippen LogP contribution in [0.5, 0.6) is 0 Å². The van der Waals surface area contributed by atoms with E-state index in [0.717, 1.165) is 12.8 Å². The molecule has 4 nitrogen and oxygen atoms in total. The van der Waals surface area contributed by atoms with Crippen molar-refractivity contribution < 1.29 is 5.21 Å². The molecule has 3 N–H and O–H groups in total. The average molecular weight is 297 g/mol. The molecule has 0 aromatic rings. The van der Waals surface area contributed by atoms with E-state index in [-0.39, 0.29) is 5.41 Å². The lowest BCUT2D eigenvalue weighted by atomic mass is 9.74. The molecule has 1 rings (SSSR count). The first-order valence-corrected chi connectivity index (χ1v) is 8.59. The van der Waals surface area contributed by atoms with Gasteiger partial charge in [-0.05, 0) is 50.7 Å². The number of hydrogen-bond donors (Lipinski definition) is 2. The van der Waals surface area contributed by atoms with Crippen LogP contribution in [0.25, 0.3) is 0 Å². The van der Waals surface area contributed by atoms with Gasteiger partial charge in [-0.15, -0.1) is 0 Å². The summed E-state index contributed by atoms with van der Waals surface area (Å²) >= 11 is 0. The smallest absolute Gasteiger partial charge is 0.144 e. The third kappa shape index (κ3) is 5.17. The zero-order chi connectivity index (χ0) is 15.9. The highest BCUT2D eigenvalue weighted by molar-refractivity contribution is 5.85. The van der Waals surface area contributed by atoms with Crippen LogP contribution in [0, 0.1) is 10.8 Å². The molecule has 0 radical (unpaired) electrons. The van der Waals surface area contributed by atoms with Gasteiger partial charge in [0.25, 0.3) is 0 Å². The fourth-order valence-corrected chi connectivity index (χ4v) is 3.37. The number of nitrogens with zero attached hydrogens (tertiary/aromatic N) is 2. The van der Waals surface area contributed by atoms with E-state index in [1.54, 1.807) is 0 Å². The van der Waals surface area contributed by atoms with Crippen LogP contribution < -0.4 is 5.73 Å². The molecular weight excluding hydrogens is 262 g/mol. The van der Waals surface area contributed by atoms with E-state index >= 15 is 0 Å². The van der Waals surface area contributed by atoms with E-state index in [1.165, 1.54) is 51.7 Å². The lowest BCUT2D eigenvalue weighted by Crippen LogP contribution is -2.40. The van der Waals surface area contributed by atoms with Crippen molar-refractivity contribution in [3.8, 4) is 0 Å². The van der Waals surface area contributed by atoms with E-state index in [1.807, 2.05) is 13.8 Å². The maximum atomic E-state index is 8.78. The monoisotopic (exact) mass is 297 g/mol. The number of amidine groups is 1. The second-order valence-electron chi connectivity index (χ2n) is 7.37. The van der Waals surface area contributed by atoms with Crippen molar-refractivity contribution >= 4 is 5.84 Å². The molecule has 0 saturated carbocycles. The van der Waals surface area contributed by atoms with Crippen molar-refractivity contribution in [2.75, 3.05) is 19.6 Å². The maximum Gasteiger partial charge on any atom is 0.144 e. The molecule has 0 amide bonds. The number of oxime groups is 1. The average Bonchev–Trinajstić information content (AvgIpc) is 2.51. The van der Waals surface area contributed by atoms with Crippen LogP contribution in [0.1, 0.15) is 72.6 Å².